The van der Waals surface area contributed by atoms with E-state index in [2.05, 4.69) is 9.97 Å². The predicted molar refractivity (Wildman–Crippen MR) is 84.3 cm³/mol. The fourth-order valence-electron chi connectivity index (χ4n) is 2.82. The van der Waals surface area contributed by atoms with E-state index < -0.39 is 5.97 Å². The molecule has 0 aliphatic rings. The van der Waals surface area contributed by atoms with E-state index in [4.69, 9.17) is 0 Å². The van der Waals surface area contributed by atoms with Crippen LogP contribution in [-0.4, -0.2) is 25.6 Å². The van der Waals surface area contributed by atoms with Gasteiger partial charge in [-0.25, -0.2) is 9.37 Å². The number of rotatable bonds is 4. The van der Waals surface area contributed by atoms with Gasteiger partial charge in [0.15, 0.2) is 0 Å². The Morgan fingerprint density at radius 1 is 1.39 bits per heavy atom. The summed E-state index contributed by atoms with van der Waals surface area (Å²) in [7, 11) is 0. The highest BCUT2D eigenvalue weighted by Gasteiger charge is 2.19. The lowest BCUT2D eigenvalue weighted by molar-refractivity contribution is -0.136. The number of fused-ring (bicyclic) bond motifs is 1. The molecule has 2 aromatic heterocycles. The number of carboxylic acids is 1. The van der Waals surface area contributed by atoms with Gasteiger partial charge in [0.05, 0.1) is 17.6 Å². The van der Waals surface area contributed by atoms with Crippen molar-refractivity contribution in [3.05, 3.63) is 53.5 Å². The Bertz CT molecular complexity index is 902. The summed E-state index contributed by atoms with van der Waals surface area (Å²) in [5, 5.41) is 9.82. The van der Waals surface area contributed by atoms with Gasteiger partial charge >= 0.3 is 5.97 Å². The fourth-order valence-corrected chi connectivity index (χ4v) is 2.82. The highest BCUT2D eigenvalue weighted by atomic mass is 19.1. The van der Waals surface area contributed by atoms with Crippen molar-refractivity contribution >= 4 is 16.9 Å². The number of hydrogen-bond acceptors (Lipinski definition) is 3. The number of halogens is 1. The fraction of sp³-hybridized carbons (Fsp3) is 0.235. The van der Waals surface area contributed by atoms with E-state index in [0.717, 1.165) is 5.82 Å². The Morgan fingerprint density at radius 2 is 2.17 bits per heavy atom. The molecule has 0 unspecified atom stereocenters. The van der Waals surface area contributed by atoms with E-state index in [9.17, 15) is 14.3 Å². The van der Waals surface area contributed by atoms with Crippen LogP contribution in [0.2, 0.25) is 0 Å². The first-order chi connectivity index (χ1) is 11.0. The van der Waals surface area contributed by atoms with Gasteiger partial charge in [-0.2, -0.15) is 0 Å². The molecule has 118 valence electrons. The Kier molecular flexibility index (Phi) is 3.82. The number of aromatic nitrogens is 3. The minimum absolute atomic E-state index is 0.179. The van der Waals surface area contributed by atoms with Crippen LogP contribution < -0.4 is 0 Å². The second-order valence-electron chi connectivity index (χ2n) is 5.32. The lowest BCUT2D eigenvalue weighted by atomic mass is 10.0. The Hall–Kier alpha value is -2.76. The summed E-state index contributed by atoms with van der Waals surface area (Å²) >= 11 is 0. The number of carbonyl (C=O) groups is 1. The molecule has 0 atom stereocenters. The summed E-state index contributed by atoms with van der Waals surface area (Å²) in [5.74, 6) is -0.554. The van der Waals surface area contributed by atoms with Crippen LogP contribution >= 0.6 is 0 Å². The molecule has 0 aliphatic heterocycles. The van der Waals surface area contributed by atoms with Crippen molar-refractivity contribution in [2.45, 2.75) is 26.7 Å². The smallest absolute Gasteiger partial charge is 0.307 e. The monoisotopic (exact) mass is 313 g/mol. The van der Waals surface area contributed by atoms with Crippen molar-refractivity contribution in [3.63, 3.8) is 0 Å². The first-order valence-electron chi connectivity index (χ1n) is 7.34. The van der Waals surface area contributed by atoms with Crippen molar-refractivity contribution in [3.8, 4) is 5.69 Å². The van der Waals surface area contributed by atoms with Crippen LogP contribution in [-0.2, 0) is 17.6 Å². The van der Waals surface area contributed by atoms with Gasteiger partial charge in [-0.15, -0.1) is 0 Å². The molecule has 2 heterocycles. The zero-order chi connectivity index (χ0) is 16.6. The number of pyridine rings is 1. The normalized spacial score (nSPS) is 11.1. The van der Waals surface area contributed by atoms with E-state index in [1.165, 1.54) is 12.1 Å². The molecule has 1 N–H and O–H groups in total. The maximum atomic E-state index is 13.8. The molecule has 0 amide bonds. The molecule has 3 rings (SSSR count). The third kappa shape index (κ3) is 2.67. The van der Waals surface area contributed by atoms with Crippen molar-refractivity contribution in [1.82, 2.24) is 14.5 Å². The van der Waals surface area contributed by atoms with Crippen molar-refractivity contribution in [2.75, 3.05) is 0 Å². The van der Waals surface area contributed by atoms with E-state index in [0.29, 0.717) is 34.3 Å². The van der Waals surface area contributed by atoms with Crippen molar-refractivity contribution in [1.29, 1.82) is 0 Å². The van der Waals surface area contributed by atoms with Crippen LogP contribution in [0.3, 0.4) is 0 Å². The molecule has 0 bridgehead atoms. The van der Waals surface area contributed by atoms with Crippen molar-refractivity contribution in [2.24, 2.45) is 0 Å². The van der Waals surface area contributed by atoms with Gasteiger partial charge in [0, 0.05) is 35.5 Å². The zero-order valence-electron chi connectivity index (χ0n) is 12.9. The van der Waals surface area contributed by atoms with Gasteiger partial charge in [0.25, 0.3) is 0 Å². The number of benzene rings is 1. The third-order valence-corrected chi connectivity index (χ3v) is 3.83. The third-order valence-electron chi connectivity index (χ3n) is 3.83. The summed E-state index contributed by atoms with van der Waals surface area (Å²) < 4.78 is 15.6. The van der Waals surface area contributed by atoms with Gasteiger partial charge in [-0.05, 0) is 25.1 Å². The molecule has 0 fully saturated rings. The SMILES string of the molecule is CCc1nccn1-c1c(CC(=O)O)c(C)nc2ccc(F)cc12. The van der Waals surface area contributed by atoms with Crippen LogP contribution in [0.1, 0.15) is 24.0 Å². The van der Waals surface area contributed by atoms with E-state index in [1.54, 1.807) is 25.4 Å². The quantitative estimate of drug-likeness (QED) is 0.804. The standard InChI is InChI=1S/C17H16FN3O2/c1-3-15-19-6-7-21(15)17-12(9-16(22)23)10(2)20-14-5-4-11(18)8-13(14)17/h4-8H,3,9H2,1-2H3,(H,22,23). The lowest BCUT2D eigenvalue weighted by Gasteiger charge is -2.17. The van der Waals surface area contributed by atoms with Crippen LogP contribution in [0.4, 0.5) is 4.39 Å². The highest BCUT2D eigenvalue weighted by molar-refractivity contribution is 5.90. The molecule has 23 heavy (non-hydrogen) atoms. The summed E-state index contributed by atoms with van der Waals surface area (Å²) in [6, 6.07) is 4.35. The average Bonchev–Trinajstić information content (AvgIpc) is 2.96. The number of hydrogen-bond donors (Lipinski definition) is 1. The minimum Gasteiger partial charge on any atom is -0.481 e. The Balaban J connectivity index is 2.42. The minimum atomic E-state index is -0.954. The molecule has 0 radical (unpaired) electrons. The number of aliphatic carboxylic acids is 1. The maximum Gasteiger partial charge on any atom is 0.307 e. The molecular formula is C17H16FN3O2. The van der Waals surface area contributed by atoms with Crippen LogP contribution in [0.15, 0.2) is 30.6 Å². The number of nitrogens with zero attached hydrogens (tertiary/aromatic N) is 3. The second-order valence-corrected chi connectivity index (χ2v) is 5.32. The van der Waals surface area contributed by atoms with E-state index in [1.807, 2.05) is 11.5 Å². The van der Waals surface area contributed by atoms with Crippen LogP contribution in [0.5, 0.6) is 0 Å². The highest BCUT2D eigenvalue weighted by Crippen LogP contribution is 2.29. The molecule has 0 aliphatic carbocycles. The number of carboxylic acid groups (broad SMARTS) is 1. The van der Waals surface area contributed by atoms with Gasteiger partial charge in [0.2, 0.25) is 0 Å². The number of imidazole rings is 1. The molecule has 5 nitrogen and oxygen atoms in total. The van der Waals surface area contributed by atoms with E-state index in [-0.39, 0.29) is 12.2 Å². The second kappa shape index (κ2) is 5.79. The largest absolute Gasteiger partial charge is 0.481 e. The van der Waals surface area contributed by atoms with Crippen molar-refractivity contribution < 1.29 is 14.3 Å². The number of aryl methyl sites for hydroxylation is 2. The summed E-state index contributed by atoms with van der Waals surface area (Å²) in [6.07, 6.45) is 3.92. The summed E-state index contributed by atoms with van der Waals surface area (Å²) in [4.78, 5) is 20.0. The van der Waals surface area contributed by atoms with Gasteiger partial charge in [0.1, 0.15) is 11.6 Å². The zero-order valence-corrected chi connectivity index (χ0v) is 12.9. The van der Waals surface area contributed by atoms with Crippen LogP contribution in [0.25, 0.3) is 16.6 Å². The average molecular weight is 313 g/mol. The predicted octanol–water partition coefficient (Wildman–Crippen LogP) is 3.06. The maximum absolute atomic E-state index is 13.8. The first kappa shape index (κ1) is 15.1. The molecule has 6 heteroatoms. The molecule has 1 aromatic carbocycles. The Labute approximate surface area is 132 Å². The Morgan fingerprint density at radius 3 is 2.87 bits per heavy atom. The molecular weight excluding hydrogens is 297 g/mol. The molecule has 0 saturated carbocycles. The van der Waals surface area contributed by atoms with E-state index >= 15 is 0 Å². The van der Waals surface area contributed by atoms with Gasteiger partial charge in [-0.3, -0.25) is 9.78 Å². The van der Waals surface area contributed by atoms with Crippen LogP contribution in [0, 0.1) is 12.7 Å². The first-order valence-corrected chi connectivity index (χ1v) is 7.34. The summed E-state index contributed by atoms with van der Waals surface area (Å²) in [6.45, 7) is 3.74. The molecule has 0 saturated heterocycles. The van der Waals surface area contributed by atoms with Gasteiger partial charge < -0.3 is 9.67 Å². The summed E-state index contributed by atoms with van der Waals surface area (Å²) in [5.41, 5.74) is 2.47. The van der Waals surface area contributed by atoms with Gasteiger partial charge in [-0.1, -0.05) is 6.92 Å². The lowest BCUT2D eigenvalue weighted by Crippen LogP contribution is -2.11. The topological polar surface area (TPSA) is 68.0 Å². The molecule has 3 aromatic rings. The molecule has 0 spiro atoms.